The number of amides is 1. The third kappa shape index (κ3) is 9.74. The first-order chi connectivity index (χ1) is 31.2. The number of H-pyrrole nitrogens is 1. The average molecular weight is 856 g/mol. The topological polar surface area (TPSA) is 152 Å². The Morgan fingerprint density at radius 3 is 2.20 bits per heavy atom. The number of nitrogens with one attached hydrogen (secondary N) is 1. The van der Waals surface area contributed by atoms with Gasteiger partial charge in [0, 0.05) is 64.9 Å². The van der Waals surface area contributed by atoms with Crippen LogP contribution >= 0.6 is 0 Å². The average Bonchev–Trinajstić information content (AvgIpc) is 3.93. The monoisotopic (exact) mass is 855 g/mol. The fourth-order valence-corrected chi connectivity index (χ4v) is 8.25. The van der Waals surface area contributed by atoms with Crippen molar-refractivity contribution < 1.29 is 19.1 Å². The van der Waals surface area contributed by atoms with Crippen LogP contribution < -0.4 is 0 Å². The second-order valence-corrected chi connectivity index (χ2v) is 16.3. The van der Waals surface area contributed by atoms with Crippen LogP contribution in [0.15, 0.2) is 103 Å². The summed E-state index contributed by atoms with van der Waals surface area (Å²) >= 11 is 0. The quantitative estimate of drug-likeness (QED) is 0.121. The second kappa shape index (κ2) is 19.9. The summed E-state index contributed by atoms with van der Waals surface area (Å²) in [7, 11) is 4.07. The Bertz CT molecular complexity index is 2930. The van der Waals surface area contributed by atoms with Crippen molar-refractivity contribution in [3.05, 3.63) is 126 Å². The summed E-state index contributed by atoms with van der Waals surface area (Å²) in [5.74, 6) is 0.325. The molecule has 0 spiro atoms. The number of fused-ring (bicyclic) bond motifs is 3. The van der Waals surface area contributed by atoms with Crippen LogP contribution in [-0.2, 0) is 11.8 Å². The zero-order valence-corrected chi connectivity index (χ0v) is 36.9. The molecule has 2 fully saturated rings. The van der Waals surface area contributed by atoms with Crippen LogP contribution in [0, 0.1) is 6.92 Å². The van der Waals surface area contributed by atoms with Crippen LogP contribution in [0.25, 0.3) is 66.9 Å². The zero-order valence-electron chi connectivity index (χ0n) is 36.9. The molecular formula is C51H53N9O4. The summed E-state index contributed by atoms with van der Waals surface area (Å²) in [6, 6.07) is 28.6. The molecule has 64 heavy (non-hydrogen) atoms. The van der Waals surface area contributed by atoms with Crippen LogP contribution in [0.2, 0.25) is 0 Å². The highest BCUT2D eigenvalue weighted by Crippen LogP contribution is 2.31. The number of ether oxygens (including phenoxy) is 1. The fourth-order valence-electron chi connectivity index (χ4n) is 8.25. The molecule has 0 bridgehead atoms. The minimum Gasteiger partial charge on any atom is -0.461 e. The highest BCUT2D eigenvalue weighted by Gasteiger charge is 2.20. The maximum Gasteiger partial charge on any atom is 0.355 e. The maximum atomic E-state index is 12.9. The number of rotatable bonds is 7. The van der Waals surface area contributed by atoms with Crippen LogP contribution in [0.4, 0.5) is 0 Å². The summed E-state index contributed by atoms with van der Waals surface area (Å²) in [5.41, 5.74) is 9.82. The maximum absolute atomic E-state index is 12.9. The minimum absolute atomic E-state index is 0.0552. The predicted molar refractivity (Wildman–Crippen MR) is 251 cm³/mol. The van der Waals surface area contributed by atoms with Crippen molar-refractivity contribution in [3.8, 4) is 34.0 Å². The number of hydrogen-bond acceptors (Lipinski definition) is 10. The molecule has 0 unspecified atom stereocenters. The molecule has 2 saturated heterocycles. The van der Waals surface area contributed by atoms with Gasteiger partial charge >= 0.3 is 5.97 Å². The molecule has 6 heterocycles. The van der Waals surface area contributed by atoms with Gasteiger partial charge in [0.05, 0.1) is 40.7 Å². The van der Waals surface area contributed by atoms with Crippen molar-refractivity contribution in [2.75, 3.05) is 39.8 Å². The Morgan fingerprint density at radius 1 is 0.750 bits per heavy atom. The Balaban J connectivity index is 0.000000157. The van der Waals surface area contributed by atoms with Gasteiger partial charge < -0.3 is 19.5 Å². The number of hydrogen-bond donors (Lipinski definition) is 1. The molecule has 1 amide bonds. The molecule has 0 radical (unpaired) electrons. The molecule has 4 aromatic heterocycles. The lowest BCUT2D eigenvalue weighted by Crippen LogP contribution is -2.35. The molecule has 0 saturated carbocycles. The summed E-state index contributed by atoms with van der Waals surface area (Å²) < 4.78 is 6.93. The number of carbonyl (C=O) groups excluding carboxylic acids is 3. The summed E-state index contributed by atoms with van der Waals surface area (Å²) in [5, 5.41) is 6.07. The van der Waals surface area contributed by atoms with E-state index in [2.05, 4.69) is 32.0 Å². The van der Waals surface area contributed by atoms with E-state index < -0.39 is 0 Å². The van der Waals surface area contributed by atoms with Crippen molar-refractivity contribution in [1.82, 2.24) is 44.5 Å². The van der Waals surface area contributed by atoms with Gasteiger partial charge in [0.1, 0.15) is 17.7 Å². The Labute approximate surface area is 372 Å². The van der Waals surface area contributed by atoms with Crippen molar-refractivity contribution in [3.63, 3.8) is 0 Å². The lowest BCUT2D eigenvalue weighted by molar-refractivity contribution is 0.0519. The van der Waals surface area contributed by atoms with Gasteiger partial charge in [0.15, 0.2) is 5.82 Å². The van der Waals surface area contributed by atoms with Crippen LogP contribution in [0.3, 0.4) is 0 Å². The number of esters is 1. The molecule has 2 aliphatic rings. The van der Waals surface area contributed by atoms with E-state index in [0.29, 0.717) is 40.5 Å². The largest absolute Gasteiger partial charge is 0.461 e. The highest BCUT2D eigenvalue weighted by atomic mass is 16.5. The SMILES string of the molecule is CCOC(=O)c1[nH]c2ccc(-c3cnc4ccc(C(=O)N5CCCCC5)cc4n3)cc2c1C.CN1CCCCC1.Cn1nccc1-c1nc(-c2ccccc2)nc2cc(C=O)ccc12. The number of aldehydes is 1. The smallest absolute Gasteiger partial charge is 0.355 e. The zero-order chi connectivity index (χ0) is 44.6. The van der Waals surface area contributed by atoms with Gasteiger partial charge in [-0.15, -0.1) is 0 Å². The standard InChI is InChI=1S/C26H26N4O3.C19H14N4O.C6H13N/c1-3-33-26(32)24-16(2)19-13-17(7-9-20(19)29-24)23-15-27-21-10-8-18(14-22(21)28-23)25(31)30-11-5-4-6-12-30;1-23-17(9-10-20-23)18-15-8-7-13(12-24)11-16(15)21-19(22-18)14-5-3-2-4-6-14;1-7-5-3-2-4-6-7/h7-10,13-15,29H,3-6,11-12H2,1-2H3;2-12H,1H3;2-6H2,1H3. The first-order valence-electron chi connectivity index (χ1n) is 22.1. The Hall–Kier alpha value is -7.12. The second-order valence-electron chi connectivity index (χ2n) is 16.3. The first kappa shape index (κ1) is 43.5. The van der Waals surface area contributed by atoms with E-state index in [-0.39, 0.29) is 11.9 Å². The highest BCUT2D eigenvalue weighted by molar-refractivity contribution is 6.00. The molecular weight excluding hydrogens is 803 g/mol. The van der Waals surface area contributed by atoms with Gasteiger partial charge in [-0.1, -0.05) is 48.9 Å². The molecule has 13 nitrogen and oxygen atoms in total. The third-order valence-electron chi connectivity index (χ3n) is 11.8. The predicted octanol–water partition coefficient (Wildman–Crippen LogP) is 9.50. The van der Waals surface area contributed by atoms with E-state index in [9.17, 15) is 14.4 Å². The normalized spacial score (nSPS) is 14.1. The Kier molecular flexibility index (Phi) is 13.6. The Morgan fingerprint density at radius 2 is 1.52 bits per heavy atom. The van der Waals surface area contributed by atoms with Gasteiger partial charge in [-0.25, -0.2) is 19.7 Å². The molecule has 8 aromatic rings. The number of aromatic amines is 1. The fraction of sp³-hybridized carbons (Fsp3) is 0.294. The van der Waals surface area contributed by atoms with Crippen molar-refractivity contribution >= 4 is 51.0 Å². The molecule has 10 rings (SSSR count). The molecule has 2 aliphatic heterocycles. The first-order valence-corrected chi connectivity index (χ1v) is 22.1. The lowest BCUT2D eigenvalue weighted by atomic mass is 10.1. The number of aryl methyl sites for hydroxylation is 2. The third-order valence-corrected chi connectivity index (χ3v) is 11.8. The van der Waals surface area contributed by atoms with Gasteiger partial charge in [-0.2, -0.15) is 5.10 Å². The van der Waals surface area contributed by atoms with E-state index in [4.69, 9.17) is 14.7 Å². The van der Waals surface area contributed by atoms with Crippen LogP contribution in [0.1, 0.15) is 82.2 Å². The van der Waals surface area contributed by atoms with Crippen LogP contribution in [0.5, 0.6) is 0 Å². The number of piperidine rings is 2. The number of carbonyl (C=O) groups is 3. The van der Waals surface area contributed by atoms with Gasteiger partial charge in [0.2, 0.25) is 0 Å². The summed E-state index contributed by atoms with van der Waals surface area (Å²) in [4.78, 5) is 62.5. The van der Waals surface area contributed by atoms with Crippen LogP contribution in [-0.4, -0.2) is 102 Å². The molecule has 326 valence electrons. The molecule has 0 atom stereocenters. The van der Waals surface area contributed by atoms with E-state index >= 15 is 0 Å². The van der Waals surface area contributed by atoms with E-state index in [0.717, 1.165) is 87.6 Å². The minimum atomic E-state index is -0.357. The van der Waals surface area contributed by atoms with Crippen molar-refractivity contribution in [1.29, 1.82) is 0 Å². The number of aromatic nitrogens is 7. The van der Waals surface area contributed by atoms with Crippen molar-refractivity contribution in [2.24, 2.45) is 7.05 Å². The number of likely N-dealkylation sites (tertiary alicyclic amines) is 2. The van der Waals surface area contributed by atoms with Crippen molar-refractivity contribution in [2.45, 2.75) is 52.4 Å². The van der Waals surface area contributed by atoms with Gasteiger partial charge in [-0.3, -0.25) is 19.3 Å². The number of nitrogens with zero attached hydrogens (tertiary/aromatic N) is 8. The molecule has 4 aromatic carbocycles. The lowest BCUT2D eigenvalue weighted by Gasteiger charge is -2.26. The van der Waals surface area contributed by atoms with E-state index in [1.165, 1.54) is 38.8 Å². The molecule has 0 aliphatic carbocycles. The van der Waals surface area contributed by atoms with Gasteiger partial charge in [-0.05, 0) is 120 Å². The molecule has 13 heteroatoms. The van der Waals surface area contributed by atoms with E-state index in [1.807, 2.05) is 97.7 Å². The van der Waals surface area contributed by atoms with E-state index in [1.54, 1.807) is 36.1 Å². The summed E-state index contributed by atoms with van der Waals surface area (Å²) in [6.07, 6.45) is 11.9. The number of benzene rings is 4. The summed E-state index contributed by atoms with van der Waals surface area (Å²) in [6.45, 7) is 8.28. The van der Waals surface area contributed by atoms with Gasteiger partial charge in [0.25, 0.3) is 5.91 Å². The molecule has 1 N–H and O–H groups in total.